The summed E-state index contributed by atoms with van der Waals surface area (Å²) >= 11 is 0. The van der Waals surface area contributed by atoms with E-state index in [1.165, 1.54) is 6.92 Å². The minimum absolute atomic E-state index is 0.0137. The van der Waals surface area contributed by atoms with Gasteiger partial charge in [-0.25, -0.2) is 0 Å². The fourth-order valence-corrected chi connectivity index (χ4v) is 9.80. The summed E-state index contributed by atoms with van der Waals surface area (Å²) in [6.07, 6.45) is 5.71. The summed E-state index contributed by atoms with van der Waals surface area (Å²) in [7, 11) is 0. The average molecular weight is 461 g/mol. The molecule has 0 amide bonds. The van der Waals surface area contributed by atoms with Crippen molar-refractivity contribution < 1.29 is 29.6 Å². The number of fused-ring (bicyclic) bond motifs is 7. The van der Waals surface area contributed by atoms with Gasteiger partial charge in [0.2, 0.25) is 0 Å². The first kappa shape index (κ1) is 23.5. The molecule has 3 N–H and O–H groups in total. The van der Waals surface area contributed by atoms with Crippen LogP contribution in [0.15, 0.2) is 11.8 Å². The number of allylic oxidation sites excluding steroid dienone is 1. The van der Waals surface area contributed by atoms with Crippen molar-refractivity contribution in [3.05, 3.63) is 11.8 Å². The second-order valence-corrected chi connectivity index (χ2v) is 12.6. The Kier molecular flexibility index (Phi) is 5.25. The van der Waals surface area contributed by atoms with E-state index in [0.717, 1.165) is 38.5 Å². The van der Waals surface area contributed by atoms with Crippen molar-refractivity contribution in [2.75, 3.05) is 0 Å². The second-order valence-electron chi connectivity index (χ2n) is 12.6. The predicted molar refractivity (Wildman–Crippen MR) is 122 cm³/mol. The Bertz CT molecular complexity index is 893. The molecule has 33 heavy (non-hydrogen) atoms. The van der Waals surface area contributed by atoms with Gasteiger partial charge >= 0.3 is 5.97 Å². The summed E-state index contributed by atoms with van der Waals surface area (Å²) in [5.74, 6) is -1.40. The summed E-state index contributed by atoms with van der Waals surface area (Å²) in [5.41, 5.74) is -1.96. The number of ketones is 1. The highest BCUT2D eigenvalue weighted by Crippen LogP contribution is 2.71. The topological polar surface area (TPSA) is 104 Å². The molecule has 0 aromatic rings. The lowest BCUT2D eigenvalue weighted by atomic mass is 9.43. The van der Waals surface area contributed by atoms with Gasteiger partial charge in [-0.2, -0.15) is 0 Å². The van der Waals surface area contributed by atoms with Crippen molar-refractivity contribution in [3.8, 4) is 0 Å². The smallest absolute Gasteiger partial charge is 0.307 e. The van der Waals surface area contributed by atoms with E-state index in [1.54, 1.807) is 6.92 Å². The standard InChI is InChI=1S/C27H40O6/c1-13-12-17(33-14(2)28)27(5,32)21-19(13)26(4)11-9-15-18(20(26)24(21)31)23(30)22(29)16-8-6-7-10-25(15,16)3/h12-13,15-16,18-21,23-24,30-32H,6-11H2,1-5H3/t13-,15?,16?,18-,19?,20?,21+,23-,24-,25-,26-,27+/m1/s1. The van der Waals surface area contributed by atoms with Crippen LogP contribution in [0.25, 0.3) is 0 Å². The minimum atomic E-state index is -1.50. The number of Topliss-reactive ketones (excluding diaryl/α,β-unsaturated/α-hetero) is 1. The van der Waals surface area contributed by atoms with Crippen LogP contribution >= 0.6 is 0 Å². The average Bonchev–Trinajstić information content (AvgIpc) is 2.98. The molecule has 0 saturated heterocycles. The monoisotopic (exact) mass is 460 g/mol. The Morgan fingerprint density at radius 1 is 1.03 bits per heavy atom. The Balaban J connectivity index is 1.59. The number of aliphatic hydroxyl groups is 3. The molecule has 0 radical (unpaired) electrons. The van der Waals surface area contributed by atoms with E-state index in [0.29, 0.717) is 0 Å². The molecule has 0 aromatic heterocycles. The van der Waals surface area contributed by atoms with E-state index >= 15 is 0 Å². The van der Waals surface area contributed by atoms with Crippen LogP contribution in [-0.2, 0) is 14.3 Å². The fourth-order valence-electron chi connectivity index (χ4n) is 9.80. The third-order valence-electron chi connectivity index (χ3n) is 11.0. The molecule has 4 fully saturated rings. The molecule has 0 spiro atoms. The zero-order valence-corrected chi connectivity index (χ0v) is 20.6. The molecule has 4 saturated carbocycles. The van der Waals surface area contributed by atoms with Crippen LogP contribution in [-0.4, -0.2) is 44.9 Å². The number of carbonyl (C=O) groups is 2. The van der Waals surface area contributed by atoms with Gasteiger partial charge < -0.3 is 20.1 Å². The van der Waals surface area contributed by atoms with E-state index in [2.05, 4.69) is 20.8 Å². The summed E-state index contributed by atoms with van der Waals surface area (Å²) in [6.45, 7) is 9.44. The minimum Gasteiger partial charge on any atom is -0.428 e. The highest BCUT2D eigenvalue weighted by Gasteiger charge is 2.72. The van der Waals surface area contributed by atoms with Crippen molar-refractivity contribution in [3.63, 3.8) is 0 Å². The molecule has 0 heterocycles. The summed E-state index contributed by atoms with van der Waals surface area (Å²) in [4.78, 5) is 25.2. The van der Waals surface area contributed by atoms with Crippen LogP contribution in [0.4, 0.5) is 0 Å². The number of carbonyl (C=O) groups excluding carboxylic acids is 2. The lowest BCUT2D eigenvalue weighted by Crippen LogP contribution is -2.63. The molecule has 184 valence electrons. The van der Waals surface area contributed by atoms with Crippen LogP contribution in [0.2, 0.25) is 0 Å². The quantitative estimate of drug-likeness (QED) is 0.519. The van der Waals surface area contributed by atoms with Crippen LogP contribution < -0.4 is 0 Å². The molecular formula is C27H40O6. The van der Waals surface area contributed by atoms with E-state index in [1.807, 2.05) is 6.08 Å². The summed E-state index contributed by atoms with van der Waals surface area (Å²) < 4.78 is 5.41. The van der Waals surface area contributed by atoms with Gasteiger partial charge in [-0.3, -0.25) is 9.59 Å². The highest BCUT2D eigenvalue weighted by molar-refractivity contribution is 5.87. The largest absolute Gasteiger partial charge is 0.428 e. The molecule has 4 unspecified atom stereocenters. The second kappa shape index (κ2) is 7.38. The van der Waals surface area contributed by atoms with Crippen LogP contribution in [0, 0.1) is 52.3 Å². The third-order valence-corrected chi connectivity index (χ3v) is 11.0. The van der Waals surface area contributed by atoms with Crippen molar-refractivity contribution in [1.82, 2.24) is 0 Å². The van der Waals surface area contributed by atoms with Crippen LogP contribution in [0.5, 0.6) is 0 Å². The first-order chi connectivity index (χ1) is 15.4. The van der Waals surface area contributed by atoms with E-state index in [4.69, 9.17) is 4.74 Å². The van der Waals surface area contributed by atoms with Crippen molar-refractivity contribution in [2.24, 2.45) is 52.3 Å². The number of rotatable bonds is 1. The van der Waals surface area contributed by atoms with Crippen molar-refractivity contribution in [1.29, 1.82) is 0 Å². The van der Waals surface area contributed by atoms with Gasteiger partial charge in [0, 0.05) is 24.7 Å². The molecule has 5 aliphatic rings. The van der Waals surface area contributed by atoms with Gasteiger partial charge in [0.1, 0.15) is 17.5 Å². The third kappa shape index (κ3) is 2.96. The maximum atomic E-state index is 13.4. The van der Waals surface area contributed by atoms with E-state index in [-0.39, 0.29) is 57.9 Å². The number of ether oxygens (including phenoxy) is 1. The lowest BCUT2D eigenvalue weighted by Gasteiger charge is -2.61. The Morgan fingerprint density at radius 2 is 1.73 bits per heavy atom. The molecule has 0 aliphatic heterocycles. The normalized spacial score (nSPS) is 55.6. The Hall–Kier alpha value is -1.24. The summed E-state index contributed by atoms with van der Waals surface area (Å²) in [5, 5.41) is 34.9. The molecule has 0 bridgehead atoms. The van der Waals surface area contributed by atoms with Gasteiger partial charge in [-0.1, -0.05) is 33.6 Å². The van der Waals surface area contributed by atoms with Crippen LogP contribution in [0.1, 0.15) is 73.1 Å². The fraction of sp³-hybridized carbons (Fsp3) is 0.852. The van der Waals surface area contributed by atoms with Gasteiger partial charge in [0.15, 0.2) is 5.78 Å². The number of hydrogen-bond acceptors (Lipinski definition) is 6. The maximum Gasteiger partial charge on any atom is 0.307 e. The zero-order chi connectivity index (χ0) is 24.1. The molecule has 12 atom stereocenters. The number of aliphatic hydroxyl groups excluding tert-OH is 2. The van der Waals surface area contributed by atoms with Crippen LogP contribution in [0.3, 0.4) is 0 Å². The SMILES string of the molecule is CC(=O)OC1=C[C@@H](C)C2[C@@H]([C@H](O)C3[C@H]4C(CC[C@@]32C)[C@@]2(C)CCCCC2C(=O)[C@@H]4O)[C@@]1(C)O. The first-order valence-electron chi connectivity index (χ1n) is 12.9. The molecule has 0 aromatic carbocycles. The van der Waals surface area contributed by atoms with E-state index < -0.39 is 29.7 Å². The Labute approximate surface area is 196 Å². The van der Waals surface area contributed by atoms with Gasteiger partial charge in [-0.15, -0.1) is 0 Å². The van der Waals surface area contributed by atoms with E-state index in [9.17, 15) is 24.9 Å². The molecule has 6 heteroatoms. The maximum absolute atomic E-state index is 13.4. The van der Waals surface area contributed by atoms with Gasteiger partial charge in [-0.05, 0) is 73.2 Å². The van der Waals surface area contributed by atoms with Crippen molar-refractivity contribution in [2.45, 2.75) is 91.0 Å². The molecule has 5 aliphatic carbocycles. The Morgan fingerprint density at radius 3 is 2.39 bits per heavy atom. The van der Waals surface area contributed by atoms with Gasteiger partial charge in [0.25, 0.3) is 0 Å². The molecular weight excluding hydrogens is 420 g/mol. The molecule has 6 nitrogen and oxygen atoms in total. The van der Waals surface area contributed by atoms with Gasteiger partial charge in [0.05, 0.1) is 6.10 Å². The van der Waals surface area contributed by atoms with Crippen molar-refractivity contribution >= 4 is 11.8 Å². The lowest BCUT2D eigenvalue weighted by molar-refractivity contribution is -0.185. The first-order valence-corrected chi connectivity index (χ1v) is 12.9. The zero-order valence-electron chi connectivity index (χ0n) is 20.6. The molecule has 5 rings (SSSR count). The number of hydrogen-bond donors (Lipinski definition) is 3. The number of esters is 1. The summed E-state index contributed by atoms with van der Waals surface area (Å²) in [6, 6.07) is 0. The predicted octanol–water partition coefficient (Wildman–Crippen LogP) is 3.23. The highest BCUT2D eigenvalue weighted by atomic mass is 16.5.